The lowest BCUT2D eigenvalue weighted by Crippen LogP contribution is -2.45. The first kappa shape index (κ1) is 30.1. The molecule has 0 amide bonds. The number of hydrogen-bond donors (Lipinski definition) is 3. The molecule has 0 bridgehead atoms. The third kappa shape index (κ3) is 9.37. The molecule has 0 heterocycles. The zero-order valence-electron chi connectivity index (χ0n) is 21.0. The van der Waals surface area contributed by atoms with Crippen molar-refractivity contribution in [1.29, 1.82) is 0 Å². The quantitative estimate of drug-likeness (QED) is 0.233. The second kappa shape index (κ2) is 14.6. The van der Waals surface area contributed by atoms with Crippen LogP contribution in [0, 0.1) is 11.8 Å². The van der Waals surface area contributed by atoms with Gasteiger partial charge in [-0.3, -0.25) is 14.4 Å². The lowest BCUT2D eigenvalue weighted by atomic mass is 9.86. The lowest BCUT2D eigenvalue weighted by molar-refractivity contribution is -0.218. The van der Waals surface area contributed by atoms with E-state index in [1.54, 1.807) is 78.9 Å². The van der Waals surface area contributed by atoms with E-state index in [0.717, 1.165) is 16.2 Å². The number of benzene rings is 3. The molecule has 8 nitrogen and oxygen atoms in total. The molecule has 0 unspecified atom stereocenters. The normalized spacial score (nSPS) is 13.4. The monoisotopic (exact) mass is 573 g/mol. The van der Waals surface area contributed by atoms with Crippen LogP contribution in [-0.2, 0) is 38.6 Å². The molecule has 206 valence electrons. The summed E-state index contributed by atoms with van der Waals surface area (Å²) in [7, 11) is 0. The summed E-state index contributed by atoms with van der Waals surface area (Å²) in [4.78, 5) is 43.2. The summed E-state index contributed by atoms with van der Waals surface area (Å²) in [5, 5.41) is 31.3. The van der Waals surface area contributed by atoms with E-state index < -0.39 is 42.4 Å². The Kier molecular flexibility index (Phi) is 11.3. The van der Waals surface area contributed by atoms with Gasteiger partial charge in [0.05, 0.1) is 25.0 Å². The molecule has 0 aliphatic rings. The van der Waals surface area contributed by atoms with E-state index in [4.69, 9.17) is 28.0 Å². The minimum absolute atomic E-state index is 0.0739. The maximum absolute atomic E-state index is 13.5. The Bertz CT molecular complexity index is 1240. The Hall–Kier alpha value is -3.43. The number of rotatable bonds is 14. The van der Waals surface area contributed by atoms with Gasteiger partial charge in [-0.15, -0.1) is 5.06 Å². The van der Waals surface area contributed by atoms with Crippen molar-refractivity contribution in [2.75, 3.05) is 6.61 Å². The minimum atomic E-state index is -1.52. The predicted octanol–water partition coefficient (Wildman–Crippen LogP) is 4.89. The van der Waals surface area contributed by atoms with Gasteiger partial charge in [0.1, 0.15) is 0 Å². The van der Waals surface area contributed by atoms with Crippen LogP contribution in [0.3, 0.4) is 0 Å². The van der Waals surface area contributed by atoms with Crippen molar-refractivity contribution in [2.24, 2.45) is 11.8 Å². The fraction of sp³-hybridized carbons (Fsp3) is 0.276. The fourth-order valence-corrected chi connectivity index (χ4v) is 4.39. The molecule has 3 rings (SSSR count). The van der Waals surface area contributed by atoms with Crippen molar-refractivity contribution in [3.63, 3.8) is 0 Å². The van der Waals surface area contributed by atoms with E-state index >= 15 is 0 Å². The molecule has 0 saturated carbocycles. The van der Waals surface area contributed by atoms with E-state index in [-0.39, 0.29) is 25.8 Å². The lowest BCUT2D eigenvalue weighted by Gasteiger charge is -2.28. The topological polar surface area (TPSA) is 124 Å². The summed E-state index contributed by atoms with van der Waals surface area (Å²) in [6.45, 7) is -0.892. The first-order valence-electron chi connectivity index (χ1n) is 12.2. The average Bonchev–Trinajstić information content (AvgIpc) is 2.90. The van der Waals surface area contributed by atoms with Gasteiger partial charge in [-0.1, -0.05) is 77.8 Å². The molecular formula is C29H29Cl2NO7. The van der Waals surface area contributed by atoms with Gasteiger partial charge in [0, 0.05) is 10.0 Å². The minimum Gasteiger partial charge on any atom is -0.481 e. The molecule has 0 aliphatic heterocycles. The van der Waals surface area contributed by atoms with Gasteiger partial charge in [-0.05, 0) is 60.2 Å². The average molecular weight is 574 g/mol. The van der Waals surface area contributed by atoms with E-state index in [2.05, 4.69) is 0 Å². The molecule has 0 radical (unpaired) electrons. The van der Waals surface area contributed by atoms with Crippen LogP contribution in [-0.4, -0.2) is 50.9 Å². The van der Waals surface area contributed by atoms with E-state index in [1.807, 2.05) is 0 Å². The molecule has 3 N–H and O–H groups in total. The summed E-state index contributed by atoms with van der Waals surface area (Å²) >= 11 is 12.0. The highest BCUT2D eigenvalue weighted by molar-refractivity contribution is 6.30. The predicted molar refractivity (Wildman–Crippen MR) is 146 cm³/mol. The van der Waals surface area contributed by atoms with Crippen molar-refractivity contribution < 1.29 is 34.5 Å². The number of aliphatic carboxylic acids is 2. The highest BCUT2D eigenvalue weighted by atomic mass is 35.5. The number of hydrogen-bond acceptors (Lipinski definition) is 6. The van der Waals surface area contributed by atoms with Crippen LogP contribution in [0.4, 0.5) is 0 Å². The van der Waals surface area contributed by atoms with Crippen molar-refractivity contribution in [3.05, 3.63) is 106 Å². The van der Waals surface area contributed by atoms with Crippen LogP contribution in [0.2, 0.25) is 10.0 Å². The maximum atomic E-state index is 13.5. The molecule has 0 aromatic heterocycles. The van der Waals surface area contributed by atoms with Crippen LogP contribution in [0.5, 0.6) is 0 Å². The highest BCUT2D eigenvalue weighted by Crippen LogP contribution is 2.25. The Morgan fingerprint density at radius 1 is 0.718 bits per heavy atom. The number of aliphatic hydroxyl groups is 1. The second-order valence-corrected chi connectivity index (χ2v) is 10.0. The molecule has 0 fully saturated rings. The summed E-state index contributed by atoms with van der Waals surface area (Å²) in [5.74, 6) is -5.14. The van der Waals surface area contributed by atoms with Gasteiger partial charge < -0.3 is 20.2 Å². The SMILES string of the molecule is O=C(O)[C@H](Cc1ccc(Cl)cc1)C[C@@H](Cc1ccc(Cl)cc1)C(=O)ON(Cc1ccccc1)[C@@H](CO)C(=O)O. The molecular weight excluding hydrogens is 545 g/mol. The number of carboxylic acid groups (broad SMARTS) is 2. The summed E-state index contributed by atoms with van der Waals surface area (Å²) < 4.78 is 0. The van der Waals surface area contributed by atoms with Gasteiger partial charge >= 0.3 is 17.9 Å². The summed E-state index contributed by atoms with van der Waals surface area (Å²) in [6.07, 6.45) is 0.213. The van der Waals surface area contributed by atoms with Crippen LogP contribution in [0.1, 0.15) is 23.1 Å². The standard InChI is InChI=1S/C29H29Cl2NO7/c30-24-10-6-19(7-11-24)14-22(27(34)35)16-23(15-20-8-12-25(31)13-9-20)29(38)39-32(26(18-33)28(36)37)17-21-4-2-1-3-5-21/h1-13,22-23,26,33H,14-18H2,(H,34,35)(H,36,37)/t22-,23-,26+/m1/s1. The van der Waals surface area contributed by atoms with E-state index in [1.165, 1.54) is 0 Å². The number of halogens is 2. The first-order valence-corrected chi connectivity index (χ1v) is 13.0. The number of hydroxylamine groups is 2. The molecule has 39 heavy (non-hydrogen) atoms. The molecule has 10 heteroatoms. The van der Waals surface area contributed by atoms with Crippen LogP contribution in [0.25, 0.3) is 0 Å². The summed E-state index contributed by atoms with van der Waals surface area (Å²) in [6, 6.07) is 20.8. The maximum Gasteiger partial charge on any atom is 0.328 e. The van der Waals surface area contributed by atoms with Gasteiger partial charge in [0.25, 0.3) is 0 Å². The Balaban J connectivity index is 1.88. The largest absolute Gasteiger partial charge is 0.481 e. The third-order valence-corrected chi connectivity index (χ3v) is 6.74. The van der Waals surface area contributed by atoms with Gasteiger partial charge in [0.15, 0.2) is 6.04 Å². The van der Waals surface area contributed by atoms with Gasteiger partial charge in [-0.2, -0.15) is 0 Å². The fourth-order valence-electron chi connectivity index (χ4n) is 4.14. The Morgan fingerprint density at radius 2 is 1.23 bits per heavy atom. The number of carbonyl (C=O) groups excluding carboxylic acids is 1. The smallest absolute Gasteiger partial charge is 0.328 e. The van der Waals surface area contributed by atoms with Crippen molar-refractivity contribution in [1.82, 2.24) is 5.06 Å². The van der Waals surface area contributed by atoms with Crippen molar-refractivity contribution in [2.45, 2.75) is 31.8 Å². The first-order chi connectivity index (χ1) is 18.7. The van der Waals surface area contributed by atoms with Crippen molar-refractivity contribution >= 4 is 41.1 Å². The molecule has 3 aromatic carbocycles. The molecule has 3 atom stereocenters. The number of nitrogens with zero attached hydrogens (tertiary/aromatic N) is 1. The van der Waals surface area contributed by atoms with Gasteiger partial charge in [-0.25, -0.2) is 0 Å². The van der Waals surface area contributed by atoms with Crippen LogP contribution in [0.15, 0.2) is 78.9 Å². The second-order valence-electron chi connectivity index (χ2n) is 9.14. The van der Waals surface area contributed by atoms with E-state index in [9.17, 15) is 29.7 Å². The van der Waals surface area contributed by atoms with Crippen molar-refractivity contribution in [3.8, 4) is 0 Å². The highest BCUT2D eigenvalue weighted by Gasteiger charge is 2.34. The molecule has 3 aromatic rings. The number of carbonyl (C=O) groups is 3. The zero-order chi connectivity index (χ0) is 28.4. The van der Waals surface area contributed by atoms with Gasteiger partial charge in [0.2, 0.25) is 0 Å². The zero-order valence-corrected chi connectivity index (χ0v) is 22.5. The molecule has 0 aliphatic carbocycles. The van der Waals surface area contributed by atoms with Crippen LogP contribution >= 0.6 is 23.2 Å². The van der Waals surface area contributed by atoms with Crippen LogP contribution < -0.4 is 0 Å². The summed E-state index contributed by atoms with van der Waals surface area (Å²) in [5.41, 5.74) is 2.12. The Labute approximate surface area is 236 Å². The number of carboxylic acids is 2. The molecule has 0 spiro atoms. The molecule has 0 saturated heterocycles. The van der Waals surface area contributed by atoms with E-state index in [0.29, 0.717) is 15.6 Å². The Morgan fingerprint density at radius 3 is 1.69 bits per heavy atom. The third-order valence-electron chi connectivity index (χ3n) is 6.24. The number of aliphatic hydroxyl groups excluding tert-OH is 1.